The maximum absolute atomic E-state index is 12.5. The van der Waals surface area contributed by atoms with Crippen LogP contribution in [0.1, 0.15) is 24.0 Å². The fraction of sp³-hybridized carbons (Fsp3) is 0.381. The summed E-state index contributed by atoms with van der Waals surface area (Å²) < 4.78 is 5.33. The van der Waals surface area contributed by atoms with Crippen LogP contribution in [0, 0.1) is 5.92 Å². The van der Waals surface area contributed by atoms with E-state index < -0.39 is 0 Å². The molecule has 2 aromatic rings. The van der Waals surface area contributed by atoms with Gasteiger partial charge in [-0.2, -0.15) is 0 Å². The molecule has 1 fully saturated rings. The molecule has 26 heavy (non-hydrogen) atoms. The average molecular weight is 373 g/mol. The molecule has 0 saturated carbocycles. The van der Waals surface area contributed by atoms with Gasteiger partial charge in [-0.25, -0.2) is 0 Å². The van der Waals surface area contributed by atoms with E-state index in [4.69, 9.17) is 16.3 Å². The highest BCUT2D eigenvalue weighted by Gasteiger charge is 2.25. The largest absolute Gasteiger partial charge is 0.496 e. The Morgan fingerprint density at radius 3 is 2.69 bits per heavy atom. The number of hydrogen-bond acceptors (Lipinski definition) is 3. The second-order valence-electron chi connectivity index (χ2n) is 6.71. The average Bonchev–Trinajstić information content (AvgIpc) is 2.67. The molecule has 1 saturated heterocycles. The smallest absolute Gasteiger partial charge is 0.223 e. The highest BCUT2D eigenvalue weighted by Crippen LogP contribution is 2.21. The summed E-state index contributed by atoms with van der Waals surface area (Å²) in [6.45, 7) is 3.25. The molecule has 3 rings (SSSR count). The molecule has 0 aromatic heterocycles. The summed E-state index contributed by atoms with van der Waals surface area (Å²) >= 11 is 6.05. The second-order valence-corrected chi connectivity index (χ2v) is 7.15. The number of halogens is 1. The van der Waals surface area contributed by atoms with Gasteiger partial charge in [0.15, 0.2) is 0 Å². The van der Waals surface area contributed by atoms with Crippen molar-refractivity contribution in [2.24, 2.45) is 5.92 Å². The summed E-state index contributed by atoms with van der Waals surface area (Å²) in [7, 11) is 1.65. The Morgan fingerprint density at radius 1 is 1.19 bits per heavy atom. The number of para-hydroxylation sites is 1. The zero-order valence-electron chi connectivity index (χ0n) is 15.1. The number of carbonyl (C=O) groups is 1. The Bertz CT molecular complexity index is 742. The minimum atomic E-state index is 0.0836. The standard InChI is InChI=1S/C21H25ClN2O2/c1-26-20-8-3-2-6-18(20)14-23-21(25)17-9-11-24(12-10-17)15-16-5-4-7-19(22)13-16/h2-8,13,17H,9-12,14-15H2,1H3,(H,23,25). The predicted molar refractivity (Wildman–Crippen MR) is 104 cm³/mol. The van der Waals surface area contributed by atoms with Crippen LogP contribution in [-0.2, 0) is 17.9 Å². The molecule has 1 aliphatic rings. The first kappa shape index (κ1) is 18.7. The number of ether oxygens (including phenoxy) is 1. The Hall–Kier alpha value is -2.04. The predicted octanol–water partition coefficient (Wildman–Crippen LogP) is 3.88. The first-order valence-corrected chi connectivity index (χ1v) is 9.40. The molecule has 1 heterocycles. The molecule has 0 unspecified atom stereocenters. The van der Waals surface area contributed by atoms with Crippen molar-refractivity contribution >= 4 is 17.5 Å². The lowest BCUT2D eigenvalue weighted by atomic mass is 9.95. The molecule has 1 N–H and O–H groups in total. The Balaban J connectivity index is 1.46. The summed E-state index contributed by atoms with van der Waals surface area (Å²) in [5.74, 6) is 1.03. The summed E-state index contributed by atoms with van der Waals surface area (Å²) in [5, 5.41) is 3.83. The molecule has 0 atom stereocenters. The second kappa shape index (κ2) is 9.06. The van der Waals surface area contributed by atoms with Crippen LogP contribution in [-0.4, -0.2) is 31.0 Å². The fourth-order valence-corrected chi connectivity index (χ4v) is 3.64. The molecule has 0 spiro atoms. The molecular formula is C21H25ClN2O2. The van der Waals surface area contributed by atoms with Crippen LogP contribution >= 0.6 is 11.6 Å². The van der Waals surface area contributed by atoms with Gasteiger partial charge in [-0.1, -0.05) is 41.9 Å². The maximum atomic E-state index is 12.5. The van der Waals surface area contributed by atoms with Crippen molar-refractivity contribution in [1.29, 1.82) is 0 Å². The third-order valence-electron chi connectivity index (χ3n) is 4.90. The highest BCUT2D eigenvalue weighted by atomic mass is 35.5. The Labute approximate surface area is 160 Å². The topological polar surface area (TPSA) is 41.6 Å². The van der Waals surface area contributed by atoms with Crippen molar-refractivity contribution in [3.05, 3.63) is 64.7 Å². The van der Waals surface area contributed by atoms with E-state index >= 15 is 0 Å². The minimum Gasteiger partial charge on any atom is -0.496 e. The van der Waals surface area contributed by atoms with E-state index in [1.807, 2.05) is 42.5 Å². The van der Waals surface area contributed by atoms with E-state index in [0.717, 1.165) is 48.8 Å². The van der Waals surface area contributed by atoms with Gasteiger partial charge >= 0.3 is 0 Å². The molecule has 4 nitrogen and oxygen atoms in total. The van der Waals surface area contributed by atoms with Crippen LogP contribution in [0.3, 0.4) is 0 Å². The summed E-state index contributed by atoms with van der Waals surface area (Å²) in [6.07, 6.45) is 1.77. The van der Waals surface area contributed by atoms with E-state index in [9.17, 15) is 4.79 Å². The Kier molecular flexibility index (Phi) is 6.53. The lowest BCUT2D eigenvalue weighted by molar-refractivity contribution is -0.126. The van der Waals surface area contributed by atoms with Crippen molar-refractivity contribution in [2.45, 2.75) is 25.9 Å². The lowest BCUT2D eigenvalue weighted by Gasteiger charge is -2.31. The molecule has 2 aromatic carbocycles. The zero-order chi connectivity index (χ0) is 18.4. The van der Waals surface area contributed by atoms with Gasteiger partial charge in [-0.05, 0) is 49.7 Å². The summed E-state index contributed by atoms with van der Waals surface area (Å²) in [4.78, 5) is 14.9. The molecule has 1 aliphatic heterocycles. The van der Waals surface area contributed by atoms with Crippen molar-refractivity contribution in [1.82, 2.24) is 10.2 Å². The van der Waals surface area contributed by atoms with Crippen molar-refractivity contribution in [2.75, 3.05) is 20.2 Å². The third kappa shape index (κ3) is 4.99. The number of benzene rings is 2. The van der Waals surface area contributed by atoms with Crippen LogP contribution in [0.2, 0.25) is 5.02 Å². The van der Waals surface area contributed by atoms with E-state index in [1.54, 1.807) is 7.11 Å². The molecular weight excluding hydrogens is 348 g/mol. The van der Waals surface area contributed by atoms with Gasteiger partial charge in [0.2, 0.25) is 5.91 Å². The van der Waals surface area contributed by atoms with Gasteiger partial charge in [-0.15, -0.1) is 0 Å². The van der Waals surface area contributed by atoms with E-state index in [-0.39, 0.29) is 11.8 Å². The number of amides is 1. The highest BCUT2D eigenvalue weighted by molar-refractivity contribution is 6.30. The number of likely N-dealkylation sites (tertiary alicyclic amines) is 1. The van der Waals surface area contributed by atoms with Crippen LogP contribution in [0.4, 0.5) is 0 Å². The number of nitrogens with zero attached hydrogens (tertiary/aromatic N) is 1. The van der Waals surface area contributed by atoms with Crippen LogP contribution in [0.25, 0.3) is 0 Å². The van der Waals surface area contributed by atoms with Gasteiger partial charge in [0, 0.05) is 29.6 Å². The van der Waals surface area contributed by atoms with E-state index in [0.29, 0.717) is 6.54 Å². The van der Waals surface area contributed by atoms with Crippen molar-refractivity contribution < 1.29 is 9.53 Å². The first-order valence-electron chi connectivity index (χ1n) is 9.02. The van der Waals surface area contributed by atoms with Gasteiger partial charge in [0.05, 0.1) is 7.11 Å². The van der Waals surface area contributed by atoms with Gasteiger partial charge in [0.1, 0.15) is 5.75 Å². The minimum absolute atomic E-state index is 0.0836. The third-order valence-corrected chi connectivity index (χ3v) is 5.13. The number of nitrogens with one attached hydrogen (secondary N) is 1. The van der Waals surface area contributed by atoms with Crippen LogP contribution in [0.5, 0.6) is 5.75 Å². The van der Waals surface area contributed by atoms with Gasteiger partial charge in [0.25, 0.3) is 0 Å². The molecule has 0 aliphatic carbocycles. The zero-order valence-corrected chi connectivity index (χ0v) is 15.8. The SMILES string of the molecule is COc1ccccc1CNC(=O)C1CCN(Cc2cccc(Cl)c2)CC1. The van der Waals surface area contributed by atoms with E-state index in [1.165, 1.54) is 5.56 Å². The van der Waals surface area contributed by atoms with E-state index in [2.05, 4.69) is 16.3 Å². The molecule has 138 valence electrons. The number of carbonyl (C=O) groups excluding carboxylic acids is 1. The fourth-order valence-electron chi connectivity index (χ4n) is 3.42. The molecule has 0 radical (unpaired) electrons. The first-order chi connectivity index (χ1) is 12.7. The number of piperidine rings is 1. The summed E-state index contributed by atoms with van der Waals surface area (Å²) in [5.41, 5.74) is 2.22. The van der Waals surface area contributed by atoms with Gasteiger partial charge in [-0.3, -0.25) is 9.69 Å². The monoisotopic (exact) mass is 372 g/mol. The quantitative estimate of drug-likeness (QED) is 0.836. The molecule has 1 amide bonds. The summed E-state index contributed by atoms with van der Waals surface area (Å²) in [6, 6.07) is 15.8. The maximum Gasteiger partial charge on any atom is 0.223 e. The number of hydrogen-bond donors (Lipinski definition) is 1. The van der Waals surface area contributed by atoms with Crippen molar-refractivity contribution in [3.8, 4) is 5.75 Å². The van der Waals surface area contributed by atoms with Gasteiger partial charge < -0.3 is 10.1 Å². The van der Waals surface area contributed by atoms with Crippen LogP contribution < -0.4 is 10.1 Å². The Morgan fingerprint density at radius 2 is 1.96 bits per heavy atom. The lowest BCUT2D eigenvalue weighted by Crippen LogP contribution is -2.40. The normalized spacial score (nSPS) is 15.6. The van der Waals surface area contributed by atoms with Crippen molar-refractivity contribution in [3.63, 3.8) is 0 Å². The molecule has 5 heteroatoms. The number of methoxy groups -OCH3 is 1. The number of rotatable bonds is 6. The molecule has 0 bridgehead atoms. The van der Waals surface area contributed by atoms with Crippen LogP contribution in [0.15, 0.2) is 48.5 Å².